The highest BCUT2D eigenvalue weighted by molar-refractivity contribution is 7.14. The van der Waals surface area contributed by atoms with Crippen LogP contribution in [0.25, 0.3) is 0 Å². The summed E-state index contributed by atoms with van der Waals surface area (Å²) in [6, 6.07) is 6.58. The third-order valence-corrected chi connectivity index (χ3v) is 3.24. The van der Waals surface area contributed by atoms with E-state index >= 15 is 0 Å². The van der Waals surface area contributed by atoms with Crippen molar-refractivity contribution in [2.45, 2.75) is 13.8 Å². The summed E-state index contributed by atoms with van der Waals surface area (Å²) in [6.07, 6.45) is 0. The molecule has 0 saturated heterocycles. The van der Waals surface area contributed by atoms with Gasteiger partial charge in [-0.05, 0) is 32.0 Å². The van der Waals surface area contributed by atoms with Crippen LogP contribution in [0, 0.1) is 19.7 Å². The number of hydrogen-bond acceptors (Lipinski definition) is 3. The van der Waals surface area contributed by atoms with Gasteiger partial charge in [-0.1, -0.05) is 6.07 Å². The van der Waals surface area contributed by atoms with Crippen molar-refractivity contribution in [2.24, 2.45) is 0 Å². The lowest BCUT2D eigenvalue weighted by Gasteiger charge is -2.02. The highest BCUT2D eigenvalue weighted by Gasteiger charge is 2.12. The number of carbonyl (C=O) groups is 1. The maximum Gasteiger partial charge on any atom is 0.266 e. The van der Waals surface area contributed by atoms with Gasteiger partial charge in [-0.25, -0.2) is 9.37 Å². The molecule has 1 N–H and O–H groups in total. The van der Waals surface area contributed by atoms with Gasteiger partial charge < -0.3 is 5.32 Å². The Morgan fingerprint density at radius 2 is 2.18 bits per heavy atom. The van der Waals surface area contributed by atoms with Crippen molar-refractivity contribution in [1.82, 2.24) is 4.98 Å². The number of pyridine rings is 1. The van der Waals surface area contributed by atoms with Crippen LogP contribution in [0.2, 0.25) is 0 Å². The zero-order chi connectivity index (χ0) is 12.4. The van der Waals surface area contributed by atoms with Crippen molar-refractivity contribution < 1.29 is 9.18 Å². The topological polar surface area (TPSA) is 42.0 Å². The van der Waals surface area contributed by atoms with Crippen LogP contribution < -0.4 is 5.32 Å². The van der Waals surface area contributed by atoms with Crippen molar-refractivity contribution in [3.05, 3.63) is 45.5 Å². The first-order valence-electron chi connectivity index (χ1n) is 5.07. The smallest absolute Gasteiger partial charge is 0.266 e. The fourth-order valence-corrected chi connectivity index (χ4v) is 2.15. The number of carbonyl (C=O) groups excluding carboxylic acids is 1. The monoisotopic (exact) mass is 250 g/mol. The van der Waals surface area contributed by atoms with E-state index in [1.54, 1.807) is 19.1 Å². The number of anilines is 1. The second kappa shape index (κ2) is 4.63. The predicted molar refractivity (Wildman–Crippen MR) is 65.9 cm³/mol. The molecule has 0 aromatic carbocycles. The van der Waals surface area contributed by atoms with Gasteiger partial charge in [0.1, 0.15) is 11.6 Å². The summed E-state index contributed by atoms with van der Waals surface area (Å²) >= 11 is 1.13. The van der Waals surface area contributed by atoms with Gasteiger partial charge in [-0.3, -0.25) is 4.79 Å². The van der Waals surface area contributed by atoms with Gasteiger partial charge in [0.25, 0.3) is 5.91 Å². The van der Waals surface area contributed by atoms with Crippen molar-refractivity contribution in [3.63, 3.8) is 0 Å². The second-order valence-corrected chi connectivity index (χ2v) is 4.89. The molecule has 0 aliphatic rings. The summed E-state index contributed by atoms with van der Waals surface area (Å²) < 4.78 is 13.1. The molecule has 1 amide bonds. The number of aryl methyl sites for hydroxylation is 2. The lowest BCUT2D eigenvalue weighted by Crippen LogP contribution is -2.11. The van der Waals surface area contributed by atoms with E-state index in [1.807, 2.05) is 13.0 Å². The molecule has 0 aliphatic heterocycles. The predicted octanol–water partition coefficient (Wildman–Crippen LogP) is 3.15. The molecule has 2 aromatic heterocycles. The van der Waals surface area contributed by atoms with Crippen molar-refractivity contribution in [3.8, 4) is 0 Å². The first-order valence-corrected chi connectivity index (χ1v) is 5.89. The summed E-state index contributed by atoms with van der Waals surface area (Å²) in [5.41, 5.74) is 0.816. The number of aromatic nitrogens is 1. The molecule has 17 heavy (non-hydrogen) atoms. The summed E-state index contributed by atoms with van der Waals surface area (Å²) in [4.78, 5) is 16.8. The van der Waals surface area contributed by atoms with Crippen LogP contribution in [-0.4, -0.2) is 10.9 Å². The Bertz CT molecular complexity index is 546. The minimum Gasteiger partial charge on any atom is -0.306 e. The maximum atomic E-state index is 13.1. The Kier molecular flexibility index (Phi) is 3.19. The van der Waals surface area contributed by atoms with Crippen LogP contribution in [0.15, 0.2) is 24.3 Å². The molecule has 3 nitrogen and oxygen atoms in total. The second-order valence-electron chi connectivity index (χ2n) is 3.63. The number of halogens is 1. The molecule has 2 rings (SSSR count). The highest BCUT2D eigenvalue weighted by Crippen LogP contribution is 2.20. The fourth-order valence-electron chi connectivity index (χ4n) is 1.36. The molecule has 2 heterocycles. The Morgan fingerprint density at radius 1 is 1.41 bits per heavy atom. The molecule has 88 valence electrons. The van der Waals surface area contributed by atoms with E-state index in [0.717, 1.165) is 17.0 Å². The lowest BCUT2D eigenvalue weighted by atomic mass is 10.3. The Labute approximate surface area is 102 Å². The van der Waals surface area contributed by atoms with E-state index in [-0.39, 0.29) is 11.7 Å². The van der Waals surface area contributed by atoms with Crippen LogP contribution in [0.4, 0.5) is 10.2 Å². The summed E-state index contributed by atoms with van der Waals surface area (Å²) in [5, 5.41) is 2.63. The molecule has 0 fully saturated rings. The minimum atomic E-state index is -0.350. The Hall–Kier alpha value is -1.75. The molecule has 0 spiro atoms. The molecular formula is C12H11FN2OS. The Morgan fingerprint density at radius 3 is 2.76 bits per heavy atom. The third kappa shape index (κ3) is 2.68. The number of amides is 1. The number of rotatable bonds is 2. The van der Waals surface area contributed by atoms with E-state index in [4.69, 9.17) is 0 Å². The van der Waals surface area contributed by atoms with E-state index in [1.165, 1.54) is 6.07 Å². The van der Waals surface area contributed by atoms with Gasteiger partial charge in [0.15, 0.2) is 0 Å². The van der Waals surface area contributed by atoms with E-state index in [9.17, 15) is 9.18 Å². The summed E-state index contributed by atoms with van der Waals surface area (Å²) in [5.74, 6) is -0.209. The third-order valence-electron chi connectivity index (χ3n) is 2.21. The van der Waals surface area contributed by atoms with Crippen molar-refractivity contribution in [2.75, 3.05) is 5.32 Å². The number of hydrogen-bond donors (Lipinski definition) is 1. The van der Waals surface area contributed by atoms with Crippen LogP contribution in [0.5, 0.6) is 0 Å². The van der Waals surface area contributed by atoms with Gasteiger partial charge in [0.05, 0.1) is 4.88 Å². The zero-order valence-electron chi connectivity index (χ0n) is 9.45. The first kappa shape index (κ1) is 11.7. The van der Waals surface area contributed by atoms with Crippen LogP contribution in [-0.2, 0) is 0 Å². The molecule has 0 unspecified atom stereocenters. The van der Waals surface area contributed by atoms with E-state index < -0.39 is 0 Å². The number of nitrogens with one attached hydrogen (secondary N) is 1. The van der Waals surface area contributed by atoms with Gasteiger partial charge >= 0.3 is 0 Å². The van der Waals surface area contributed by atoms with Gasteiger partial charge in [0, 0.05) is 10.6 Å². The maximum absolute atomic E-state index is 13.1. The zero-order valence-corrected chi connectivity index (χ0v) is 10.3. The molecule has 0 bridgehead atoms. The van der Waals surface area contributed by atoms with Crippen LogP contribution in [0.3, 0.4) is 0 Å². The fraction of sp³-hybridized carbons (Fsp3) is 0.167. The standard InChI is InChI=1S/C12H11FN2OS/c1-7-4-3-5-11(14-7)15-12(16)10-6-9(13)8(2)17-10/h3-6H,1-2H3,(H,14,15,16). The largest absolute Gasteiger partial charge is 0.306 e. The van der Waals surface area contributed by atoms with E-state index in [0.29, 0.717) is 15.6 Å². The van der Waals surface area contributed by atoms with E-state index in [2.05, 4.69) is 10.3 Å². The average molecular weight is 250 g/mol. The molecular weight excluding hydrogens is 239 g/mol. The van der Waals surface area contributed by atoms with Crippen LogP contribution in [0.1, 0.15) is 20.2 Å². The summed E-state index contributed by atoms with van der Waals surface area (Å²) in [6.45, 7) is 3.48. The van der Waals surface area contributed by atoms with Gasteiger partial charge in [-0.15, -0.1) is 11.3 Å². The van der Waals surface area contributed by atoms with Crippen molar-refractivity contribution in [1.29, 1.82) is 0 Å². The molecule has 5 heteroatoms. The number of thiophene rings is 1. The van der Waals surface area contributed by atoms with Gasteiger partial charge in [0.2, 0.25) is 0 Å². The Balaban J connectivity index is 2.17. The SMILES string of the molecule is Cc1cccc(NC(=O)c2cc(F)c(C)s2)n1. The van der Waals surface area contributed by atoms with Gasteiger partial charge in [-0.2, -0.15) is 0 Å². The molecule has 0 radical (unpaired) electrons. The molecule has 0 saturated carbocycles. The minimum absolute atomic E-state index is 0.333. The van der Waals surface area contributed by atoms with Crippen LogP contribution >= 0.6 is 11.3 Å². The highest BCUT2D eigenvalue weighted by atomic mass is 32.1. The normalized spacial score (nSPS) is 10.3. The summed E-state index contributed by atoms with van der Waals surface area (Å²) in [7, 11) is 0. The van der Waals surface area contributed by atoms with Crippen molar-refractivity contribution >= 4 is 23.1 Å². The molecule has 0 aliphatic carbocycles. The molecule has 2 aromatic rings. The average Bonchev–Trinajstić information content (AvgIpc) is 2.59. The lowest BCUT2D eigenvalue weighted by molar-refractivity contribution is 0.103. The number of nitrogens with zero attached hydrogens (tertiary/aromatic N) is 1. The molecule has 0 atom stereocenters. The first-order chi connectivity index (χ1) is 8.06. The quantitative estimate of drug-likeness (QED) is 0.889.